The van der Waals surface area contributed by atoms with Gasteiger partial charge in [0, 0.05) is 18.7 Å². The molecule has 0 spiro atoms. The number of aliphatic imine (C=N–C) groups is 1. The van der Waals surface area contributed by atoms with Gasteiger partial charge in [0.05, 0.1) is 11.6 Å². The number of alkyl halides is 3. The van der Waals surface area contributed by atoms with Gasteiger partial charge in [0.15, 0.2) is 0 Å². The Kier molecular flexibility index (Phi) is 7.66. The van der Waals surface area contributed by atoms with Crippen LogP contribution in [0, 0.1) is 0 Å². The average molecular weight is 491 g/mol. The Morgan fingerprint density at radius 1 is 1.12 bits per heavy atom. The number of amides is 1. The number of benzene rings is 1. The zero-order chi connectivity index (χ0) is 24.3. The number of allylic oxidation sites excluding steroid dienone is 3. The van der Waals surface area contributed by atoms with Gasteiger partial charge in [-0.1, -0.05) is 54.4 Å². The first-order valence-corrected chi connectivity index (χ1v) is 12.4. The highest BCUT2D eigenvalue weighted by Crippen LogP contribution is 2.39. The lowest BCUT2D eigenvalue weighted by atomic mass is 9.85. The predicted molar refractivity (Wildman–Crippen MR) is 130 cm³/mol. The van der Waals surface area contributed by atoms with Crippen LogP contribution in [0.5, 0.6) is 0 Å². The van der Waals surface area contributed by atoms with Crippen LogP contribution in [0.2, 0.25) is 0 Å². The normalized spacial score (nSPS) is 26.0. The first-order chi connectivity index (χ1) is 16.3. The molecule has 4 rings (SSSR count). The Balaban J connectivity index is 1.47. The van der Waals surface area contributed by atoms with Gasteiger partial charge >= 0.3 is 6.18 Å². The Hall–Kier alpha value is -2.34. The van der Waals surface area contributed by atoms with Crippen LogP contribution in [0.4, 0.5) is 13.2 Å². The average Bonchev–Trinajstić information content (AvgIpc) is 2.91. The highest BCUT2D eigenvalue weighted by atomic mass is 35.5. The number of piperidine rings is 1. The number of carbonyl (C=O) groups excluding carboxylic acids is 1. The summed E-state index contributed by atoms with van der Waals surface area (Å²) in [5, 5.41) is 0.482. The number of hydrogen-bond donors (Lipinski definition) is 0. The van der Waals surface area contributed by atoms with Crippen molar-refractivity contribution in [3.8, 4) is 0 Å². The number of fused-ring (bicyclic) bond motifs is 1. The van der Waals surface area contributed by atoms with E-state index >= 15 is 0 Å². The topological polar surface area (TPSA) is 32.7 Å². The summed E-state index contributed by atoms with van der Waals surface area (Å²) in [6, 6.07) is 5.78. The summed E-state index contributed by atoms with van der Waals surface area (Å²) in [5.41, 5.74) is 2.96. The molecule has 2 heterocycles. The molecule has 0 aromatic heterocycles. The molecule has 1 saturated heterocycles. The van der Waals surface area contributed by atoms with Gasteiger partial charge in [0.2, 0.25) is 5.91 Å². The lowest BCUT2D eigenvalue weighted by Crippen LogP contribution is -2.39. The molecule has 1 atom stereocenters. The van der Waals surface area contributed by atoms with E-state index in [1.807, 2.05) is 17.1 Å². The minimum Gasteiger partial charge on any atom is -0.339 e. The Labute approximate surface area is 204 Å². The van der Waals surface area contributed by atoms with Gasteiger partial charge in [-0.3, -0.25) is 9.79 Å². The van der Waals surface area contributed by atoms with Crippen LogP contribution in [0.3, 0.4) is 0 Å². The molecule has 1 aliphatic carbocycles. The second kappa shape index (κ2) is 10.5. The van der Waals surface area contributed by atoms with E-state index in [0.717, 1.165) is 36.5 Å². The molecular weight excluding hydrogens is 461 g/mol. The number of rotatable bonds is 3. The van der Waals surface area contributed by atoms with Crippen molar-refractivity contribution in [2.45, 2.75) is 70.0 Å². The van der Waals surface area contributed by atoms with E-state index < -0.39 is 11.7 Å². The van der Waals surface area contributed by atoms with Crippen molar-refractivity contribution >= 4 is 22.7 Å². The number of dihydropyridines is 1. The summed E-state index contributed by atoms with van der Waals surface area (Å²) in [7, 11) is 0. The smallest absolute Gasteiger partial charge is 0.339 e. The number of hydrogen-bond acceptors (Lipinski definition) is 2. The highest BCUT2D eigenvalue weighted by Gasteiger charge is 2.36. The van der Waals surface area contributed by atoms with Gasteiger partial charge in [-0.05, 0) is 74.1 Å². The zero-order valence-electron chi connectivity index (χ0n) is 19.4. The van der Waals surface area contributed by atoms with Crippen molar-refractivity contribution in [2.75, 3.05) is 13.1 Å². The summed E-state index contributed by atoms with van der Waals surface area (Å²) in [4.78, 5) is 20.0. The fourth-order valence-electron chi connectivity index (χ4n) is 5.34. The minimum absolute atomic E-state index is 0.0317. The SMILES string of the molecule is CC/C1=C(\C(=O)N2CCC(c3ccccc3C(F)(F)F)CC2)CCC2N=C(Cl)C=C/C2=C/CC1. The van der Waals surface area contributed by atoms with E-state index in [-0.39, 0.29) is 17.9 Å². The lowest BCUT2D eigenvalue weighted by Gasteiger charge is -2.34. The number of halogens is 4. The maximum Gasteiger partial charge on any atom is 0.416 e. The molecule has 1 fully saturated rings. The fraction of sp³-hybridized carbons (Fsp3) is 0.481. The van der Waals surface area contributed by atoms with E-state index in [1.165, 1.54) is 11.6 Å². The molecule has 1 aromatic rings. The van der Waals surface area contributed by atoms with Crippen LogP contribution in [0.15, 0.2) is 64.2 Å². The van der Waals surface area contributed by atoms with E-state index in [0.29, 0.717) is 49.5 Å². The summed E-state index contributed by atoms with van der Waals surface area (Å²) >= 11 is 6.13. The van der Waals surface area contributed by atoms with Crippen LogP contribution in [-0.4, -0.2) is 35.1 Å². The van der Waals surface area contributed by atoms with Gasteiger partial charge in [-0.2, -0.15) is 13.2 Å². The van der Waals surface area contributed by atoms with Crippen LogP contribution in [-0.2, 0) is 11.0 Å². The Morgan fingerprint density at radius 2 is 1.85 bits per heavy atom. The van der Waals surface area contributed by atoms with Crippen LogP contribution >= 0.6 is 11.6 Å². The lowest BCUT2D eigenvalue weighted by molar-refractivity contribution is -0.138. The van der Waals surface area contributed by atoms with Crippen LogP contribution in [0.25, 0.3) is 0 Å². The molecule has 0 N–H and O–H groups in total. The van der Waals surface area contributed by atoms with Crippen molar-refractivity contribution < 1.29 is 18.0 Å². The molecule has 1 unspecified atom stereocenters. The van der Waals surface area contributed by atoms with Gasteiger partial charge in [0.25, 0.3) is 0 Å². The quantitative estimate of drug-likeness (QED) is 0.441. The van der Waals surface area contributed by atoms with Gasteiger partial charge in [0.1, 0.15) is 5.17 Å². The molecule has 0 saturated carbocycles. The molecule has 3 nitrogen and oxygen atoms in total. The van der Waals surface area contributed by atoms with Crippen molar-refractivity contribution in [3.63, 3.8) is 0 Å². The van der Waals surface area contributed by atoms with Crippen LogP contribution in [0.1, 0.15) is 68.9 Å². The molecule has 1 amide bonds. The van der Waals surface area contributed by atoms with Crippen LogP contribution < -0.4 is 0 Å². The van der Waals surface area contributed by atoms with Gasteiger partial charge < -0.3 is 4.90 Å². The number of nitrogens with zero attached hydrogens (tertiary/aromatic N) is 2. The first-order valence-electron chi connectivity index (χ1n) is 12.1. The largest absolute Gasteiger partial charge is 0.416 e. The van der Waals surface area contributed by atoms with E-state index in [9.17, 15) is 18.0 Å². The van der Waals surface area contributed by atoms with E-state index in [4.69, 9.17) is 11.6 Å². The maximum absolute atomic E-state index is 13.6. The van der Waals surface area contributed by atoms with Crippen molar-refractivity contribution in [1.29, 1.82) is 0 Å². The molecule has 1 aromatic carbocycles. The molecule has 0 radical (unpaired) electrons. The van der Waals surface area contributed by atoms with E-state index in [2.05, 4.69) is 18.0 Å². The molecule has 0 bridgehead atoms. The summed E-state index contributed by atoms with van der Waals surface area (Å²) < 4.78 is 40.5. The monoisotopic (exact) mass is 490 g/mol. The van der Waals surface area contributed by atoms with Crippen molar-refractivity contribution in [1.82, 2.24) is 4.90 Å². The summed E-state index contributed by atoms with van der Waals surface area (Å²) in [6.45, 7) is 3.02. The molecular formula is C27H30ClF3N2O. The summed E-state index contributed by atoms with van der Waals surface area (Å²) in [6.07, 6.45) is 6.55. The number of likely N-dealkylation sites (tertiary alicyclic amines) is 1. The molecule has 2 aliphatic heterocycles. The third-order valence-electron chi connectivity index (χ3n) is 7.17. The highest BCUT2D eigenvalue weighted by molar-refractivity contribution is 6.68. The summed E-state index contributed by atoms with van der Waals surface area (Å²) in [5.74, 6) is -0.163. The van der Waals surface area contributed by atoms with Crippen molar-refractivity contribution in [2.24, 2.45) is 4.99 Å². The molecule has 182 valence electrons. The minimum atomic E-state index is -4.37. The molecule has 3 aliphatic rings. The maximum atomic E-state index is 13.6. The second-order valence-electron chi connectivity index (χ2n) is 9.17. The van der Waals surface area contributed by atoms with Gasteiger partial charge in [-0.25, -0.2) is 0 Å². The molecule has 34 heavy (non-hydrogen) atoms. The fourth-order valence-corrected chi connectivity index (χ4v) is 5.52. The number of carbonyl (C=O) groups is 1. The first kappa shape index (κ1) is 24.8. The standard InChI is InChI=1S/C27H30ClF3N2O/c1-2-18-6-5-7-20-10-13-25(28)32-24(20)12-11-22(18)26(34)33-16-14-19(15-17-33)21-8-3-4-9-23(21)27(29,30)31/h3-4,7-10,13,19,24H,2,5-6,11-12,14-17H2,1H3/b20-7-,22-18+. The zero-order valence-corrected chi connectivity index (χ0v) is 20.1. The third kappa shape index (κ3) is 5.48. The van der Waals surface area contributed by atoms with E-state index in [1.54, 1.807) is 12.1 Å². The Bertz CT molecular complexity index is 1050. The third-order valence-corrected chi connectivity index (χ3v) is 7.39. The van der Waals surface area contributed by atoms with Gasteiger partial charge in [-0.15, -0.1) is 0 Å². The Morgan fingerprint density at radius 3 is 2.56 bits per heavy atom. The predicted octanol–water partition coefficient (Wildman–Crippen LogP) is 7.19. The molecule has 7 heteroatoms. The van der Waals surface area contributed by atoms with Crippen molar-refractivity contribution in [3.05, 3.63) is 70.3 Å². The second-order valence-corrected chi connectivity index (χ2v) is 9.56.